The number of rotatable bonds is 2. The Morgan fingerprint density at radius 2 is 2.00 bits per heavy atom. The van der Waals surface area contributed by atoms with Crippen molar-refractivity contribution in [1.82, 2.24) is 0 Å². The number of ether oxygens (including phenoxy) is 2. The van der Waals surface area contributed by atoms with Gasteiger partial charge >= 0.3 is 0 Å². The number of fused-ring (bicyclic) bond motifs is 5. The molecule has 2 aliphatic rings. The number of phenolic OH excluding ortho intramolecular Hbond substituents is 2. The SMILES string of the molecule is CC(C)=CCc1c(O)c(C)cc2c1O[C@H]1c3ccc(O)cc3OC[C@@H]21. The van der Waals surface area contributed by atoms with Crippen LogP contribution in [-0.2, 0) is 6.42 Å². The van der Waals surface area contributed by atoms with Crippen LogP contribution in [0.5, 0.6) is 23.0 Å². The van der Waals surface area contributed by atoms with Crippen molar-refractivity contribution in [2.45, 2.75) is 39.2 Å². The highest BCUT2D eigenvalue weighted by Gasteiger charge is 2.42. The zero-order chi connectivity index (χ0) is 17.7. The third-order valence-corrected chi connectivity index (χ3v) is 5.01. The number of allylic oxidation sites excluding steroid dienone is 2. The second-order valence-electron chi connectivity index (χ2n) is 7.10. The minimum Gasteiger partial charge on any atom is -0.508 e. The molecule has 0 radical (unpaired) electrons. The molecular weight excluding hydrogens is 316 g/mol. The first-order valence-electron chi connectivity index (χ1n) is 8.56. The van der Waals surface area contributed by atoms with Crippen molar-refractivity contribution in [3.05, 3.63) is 58.2 Å². The maximum absolute atomic E-state index is 10.6. The third-order valence-electron chi connectivity index (χ3n) is 5.01. The summed E-state index contributed by atoms with van der Waals surface area (Å²) in [5.41, 5.74) is 4.93. The highest BCUT2D eigenvalue weighted by atomic mass is 16.5. The van der Waals surface area contributed by atoms with Gasteiger partial charge in [0, 0.05) is 22.8 Å². The van der Waals surface area contributed by atoms with Gasteiger partial charge in [-0.25, -0.2) is 0 Å². The molecule has 0 aromatic heterocycles. The topological polar surface area (TPSA) is 58.9 Å². The van der Waals surface area contributed by atoms with E-state index in [0.29, 0.717) is 24.5 Å². The molecule has 4 nitrogen and oxygen atoms in total. The Balaban J connectivity index is 1.81. The third kappa shape index (κ3) is 2.53. The van der Waals surface area contributed by atoms with Gasteiger partial charge in [0.2, 0.25) is 0 Å². The minimum absolute atomic E-state index is 0.0943. The normalized spacial score (nSPS) is 20.0. The Morgan fingerprint density at radius 1 is 1.20 bits per heavy atom. The summed E-state index contributed by atoms with van der Waals surface area (Å²) < 4.78 is 12.2. The van der Waals surface area contributed by atoms with Gasteiger partial charge in [0.25, 0.3) is 0 Å². The molecule has 0 saturated heterocycles. The van der Waals surface area contributed by atoms with E-state index in [1.807, 2.05) is 32.9 Å². The largest absolute Gasteiger partial charge is 0.508 e. The number of aromatic hydroxyl groups is 2. The second kappa shape index (κ2) is 5.73. The molecule has 0 amide bonds. The molecule has 2 aliphatic heterocycles. The van der Waals surface area contributed by atoms with Crippen LogP contribution in [0.2, 0.25) is 0 Å². The van der Waals surface area contributed by atoms with Gasteiger partial charge in [-0.1, -0.05) is 11.6 Å². The van der Waals surface area contributed by atoms with Crippen LogP contribution in [0.4, 0.5) is 0 Å². The van der Waals surface area contributed by atoms with E-state index in [-0.39, 0.29) is 17.8 Å². The lowest BCUT2D eigenvalue weighted by Gasteiger charge is -2.27. The van der Waals surface area contributed by atoms with E-state index in [4.69, 9.17) is 9.47 Å². The molecule has 2 aromatic carbocycles. The lowest BCUT2D eigenvalue weighted by atomic mass is 9.87. The predicted molar refractivity (Wildman–Crippen MR) is 95.7 cm³/mol. The highest BCUT2D eigenvalue weighted by Crippen LogP contribution is 2.54. The van der Waals surface area contributed by atoms with Gasteiger partial charge in [0.1, 0.15) is 29.1 Å². The zero-order valence-corrected chi connectivity index (χ0v) is 14.7. The summed E-state index contributed by atoms with van der Waals surface area (Å²) in [6.07, 6.45) is 2.59. The second-order valence-corrected chi connectivity index (χ2v) is 7.10. The number of hydrogen-bond donors (Lipinski definition) is 2. The summed E-state index contributed by atoms with van der Waals surface area (Å²) in [5, 5.41) is 20.2. The van der Waals surface area contributed by atoms with Crippen molar-refractivity contribution in [3.8, 4) is 23.0 Å². The number of phenols is 2. The molecule has 2 atom stereocenters. The van der Waals surface area contributed by atoms with Crippen molar-refractivity contribution < 1.29 is 19.7 Å². The maximum Gasteiger partial charge on any atom is 0.138 e. The van der Waals surface area contributed by atoms with Crippen molar-refractivity contribution in [2.24, 2.45) is 0 Å². The molecule has 2 N–H and O–H groups in total. The lowest BCUT2D eigenvalue weighted by Crippen LogP contribution is -2.23. The van der Waals surface area contributed by atoms with Crippen molar-refractivity contribution in [2.75, 3.05) is 6.61 Å². The summed E-state index contributed by atoms with van der Waals surface area (Å²) >= 11 is 0. The number of benzene rings is 2. The smallest absolute Gasteiger partial charge is 0.138 e. The first-order valence-corrected chi connectivity index (χ1v) is 8.56. The summed E-state index contributed by atoms with van der Waals surface area (Å²) in [5.74, 6) is 2.03. The Morgan fingerprint density at radius 3 is 2.76 bits per heavy atom. The fourth-order valence-electron chi connectivity index (χ4n) is 3.69. The Hall–Kier alpha value is -2.62. The van der Waals surface area contributed by atoms with Crippen LogP contribution < -0.4 is 9.47 Å². The lowest BCUT2D eigenvalue weighted by molar-refractivity contribution is 0.138. The van der Waals surface area contributed by atoms with Crippen molar-refractivity contribution >= 4 is 0 Å². The van der Waals surface area contributed by atoms with Crippen LogP contribution in [0.15, 0.2) is 35.9 Å². The van der Waals surface area contributed by atoms with Gasteiger partial charge in [-0.05, 0) is 51.0 Å². The quantitative estimate of drug-likeness (QED) is 0.790. The van der Waals surface area contributed by atoms with Gasteiger partial charge < -0.3 is 19.7 Å². The molecule has 0 unspecified atom stereocenters. The summed E-state index contributed by atoms with van der Waals surface area (Å²) in [6.45, 7) is 6.51. The average molecular weight is 338 g/mol. The van der Waals surface area contributed by atoms with E-state index in [9.17, 15) is 10.2 Å². The van der Waals surface area contributed by atoms with E-state index >= 15 is 0 Å². The van der Waals surface area contributed by atoms with E-state index < -0.39 is 0 Å². The van der Waals surface area contributed by atoms with Gasteiger partial charge in [0.05, 0.1) is 12.5 Å². The van der Waals surface area contributed by atoms with Crippen LogP contribution in [0, 0.1) is 6.92 Å². The van der Waals surface area contributed by atoms with Gasteiger partial charge in [0.15, 0.2) is 0 Å². The summed E-state index contributed by atoms with van der Waals surface area (Å²) in [4.78, 5) is 0. The molecular formula is C21H22O4. The van der Waals surface area contributed by atoms with Gasteiger partial charge in [-0.2, -0.15) is 0 Å². The Kier molecular flexibility index (Phi) is 3.64. The van der Waals surface area contributed by atoms with Crippen LogP contribution in [0.1, 0.15) is 48.1 Å². The van der Waals surface area contributed by atoms with Crippen molar-refractivity contribution in [1.29, 1.82) is 0 Å². The minimum atomic E-state index is -0.147. The molecule has 130 valence electrons. The fourth-order valence-corrected chi connectivity index (χ4v) is 3.69. The van der Waals surface area contributed by atoms with E-state index in [2.05, 4.69) is 6.08 Å². The molecule has 2 heterocycles. The van der Waals surface area contributed by atoms with Crippen LogP contribution >= 0.6 is 0 Å². The molecule has 4 heteroatoms. The molecule has 0 aliphatic carbocycles. The first kappa shape index (κ1) is 15.9. The van der Waals surface area contributed by atoms with Crippen LogP contribution in [0.25, 0.3) is 0 Å². The van der Waals surface area contributed by atoms with E-state index in [1.54, 1.807) is 12.1 Å². The molecule has 25 heavy (non-hydrogen) atoms. The molecule has 0 spiro atoms. The molecule has 4 rings (SSSR count). The predicted octanol–water partition coefficient (Wildman–Crippen LogP) is 4.52. The molecule has 0 fully saturated rings. The Bertz CT molecular complexity index is 878. The fraction of sp³-hybridized carbons (Fsp3) is 0.333. The van der Waals surface area contributed by atoms with Crippen LogP contribution in [-0.4, -0.2) is 16.8 Å². The summed E-state index contributed by atoms with van der Waals surface area (Å²) in [7, 11) is 0. The summed E-state index contributed by atoms with van der Waals surface area (Å²) in [6, 6.07) is 7.15. The number of aryl methyl sites for hydroxylation is 1. The van der Waals surface area contributed by atoms with E-state index in [0.717, 1.165) is 28.0 Å². The standard InChI is InChI=1S/C21H22O4/c1-11(2)4-6-15-19(23)12(3)8-16-17-10-24-18-9-13(22)5-7-14(18)20(17)25-21(15)16/h4-5,7-9,17,20,22-23H,6,10H2,1-3H3/t17-,20-/m0/s1. The maximum atomic E-state index is 10.6. The monoisotopic (exact) mass is 338 g/mol. The highest BCUT2D eigenvalue weighted by molar-refractivity contribution is 5.60. The average Bonchev–Trinajstić information content (AvgIpc) is 2.93. The van der Waals surface area contributed by atoms with E-state index in [1.165, 1.54) is 5.57 Å². The van der Waals surface area contributed by atoms with Crippen LogP contribution in [0.3, 0.4) is 0 Å². The first-order chi connectivity index (χ1) is 12.0. The van der Waals surface area contributed by atoms with Gasteiger partial charge in [-0.15, -0.1) is 0 Å². The number of hydrogen-bond acceptors (Lipinski definition) is 4. The molecule has 0 bridgehead atoms. The zero-order valence-electron chi connectivity index (χ0n) is 14.7. The Labute approximate surface area is 147 Å². The molecule has 2 aromatic rings. The van der Waals surface area contributed by atoms with Gasteiger partial charge in [-0.3, -0.25) is 0 Å². The van der Waals surface area contributed by atoms with Crippen molar-refractivity contribution in [3.63, 3.8) is 0 Å². The molecule has 0 saturated carbocycles.